The predicted molar refractivity (Wildman–Crippen MR) is 45.7 cm³/mol. The molecule has 0 nitrogen and oxygen atoms in total. The van der Waals surface area contributed by atoms with E-state index < -0.39 is 0 Å². The van der Waals surface area contributed by atoms with E-state index in [0.29, 0.717) is 0 Å². The van der Waals surface area contributed by atoms with Gasteiger partial charge in [0.2, 0.25) is 0 Å². The second-order valence-electron chi connectivity index (χ2n) is 2.75. The Morgan fingerprint density at radius 1 is 1.30 bits per heavy atom. The van der Waals surface area contributed by atoms with E-state index >= 15 is 0 Å². The van der Waals surface area contributed by atoms with Gasteiger partial charge in [-0.3, -0.25) is 0 Å². The minimum absolute atomic E-state index is 1.26. The summed E-state index contributed by atoms with van der Waals surface area (Å²) >= 11 is 0. The Morgan fingerprint density at radius 2 is 2.20 bits per heavy atom. The summed E-state index contributed by atoms with van der Waals surface area (Å²) in [5.74, 6) is 0. The molecule has 1 aliphatic carbocycles. The number of unbranched alkanes of at least 4 members (excludes halogenated alkanes) is 2. The van der Waals surface area contributed by atoms with Crippen LogP contribution in [0.1, 0.15) is 32.6 Å². The SMILES string of the molecule is CCCCCC1=C[CH]C=C1. The zero-order valence-electron chi connectivity index (χ0n) is 6.64. The Morgan fingerprint density at radius 3 is 2.80 bits per heavy atom. The van der Waals surface area contributed by atoms with E-state index in [0.717, 1.165) is 0 Å². The van der Waals surface area contributed by atoms with Crippen LogP contribution < -0.4 is 0 Å². The average molecular weight is 135 g/mol. The molecule has 0 aliphatic heterocycles. The molecule has 10 heavy (non-hydrogen) atoms. The van der Waals surface area contributed by atoms with Gasteiger partial charge in [-0.05, 0) is 12.8 Å². The van der Waals surface area contributed by atoms with E-state index in [2.05, 4.69) is 31.6 Å². The van der Waals surface area contributed by atoms with Gasteiger partial charge in [-0.2, -0.15) is 0 Å². The molecule has 0 aromatic carbocycles. The Labute approximate surface area is 63.6 Å². The molecule has 0 N–H and O–H groups in total. The Bertz CT molecular complexity index is 140. The third-order valence-electron chi connectivity index (χ3n) is 1.80. The Hall–Kier alpha value is -0.520. The molecule has 55 valence electrons. The van der Waals surface area contributed by atoms with Crippen molar-refractivity contribution in [1.82, 2.24) is 0 Å². The monoisotopic (exact) mass is 135 g/mol. The highest BCUT2D eigenvalue weighted by Crippen LogP contribution is 2.15. The summed E-state index contributed by atoms with van der Waals surface area (Å²) in [5.41, 5.74) is 1.49. The predicted octanol–water partition coefficient (Wildman–Crippen LogP) is 3.27. The fraction of sp³-hybridized carbons (Fsp3) is 0.500. The normalized spacial score (nSPS) is 15.9. The standard InChI is InChI=1S/C10H15/c1-2-3-4-7-10-8-5-6-9-10/h5-6,8-9H,2-4,7H2,1H3. The summed E-state index contributed by atoms with van der Waals surface area (Å²) in [7, 11) is 0. The first-order valence-electron chi connectivity index (χ1n) is 4.14. The lowest BCUT2D eigenvalue weighted by molar-refractivity contribution is 0.720. The molecule has 0 saturated heterocycles. The minimum atomic E-state index is 1.26. The number of rotatable bonds is 4. The molecule has 0 heterocycles. The van der Waals surface area contributed by atoms with Gasteiger partial charge in [-0.25, -0.2) is 0 Å². The molecule has 0 aromatic heterocycles. The maximum Gasteiger partial charge on any atom is 0.00535 e. The van der Waals surface area contributed by atoms with Crippen LogP contribution in [0.4, 0.5) is 0 Å². The first-order chi connectivity index (χ1) is 4.93. The van der Waals surface area contributed by atoms with Crippen molar-refractivity contribution in [3.8, 4) is 0 Å². The molecular weight excluding hydrogens is 120 g/mol. The average Bonchev–Trinajstić information content (AvgIpc) is 2.41. The molecule has 0 bridgehead atoms. The van der Waals surface area contributed by atoms with Crippen LogP contribution in [0, 0.1) is 6.42 Å². The molecule has 0 unspecified atom stereocenters. The lowest BCUT2D eigenvalue weighted by Crippen LogP contribution is -1.76. The maximum absolute atomic E-state index is 2.24. The van der Waals surface area contributed by atoms with Crippen LogP contribution >= 0.6 is 0 Å². The lowest BCUT2D eigenvalue weighted by atomic mass is 10.1. The van der Waals surface area contributed by atoms with Crippen molar-refractivity contribution in [1.29, 1.82) is 0 Å². The second kappa shape index (κ2) is 4.32. The molecule has 0 fully saturated rings. The highest BCUT2D eigenvalue weighted by atomic mass is 14.0. The third kappa shape index (κ3) is 2.38. The largest absolute Gasteiger partial charge is 0.0764 e. The van der Waals surface area contributed by atoms with Crippen LogP contribution in [0.2, 0.25) is 0 Å². The molecule has 1 radical (unpaired) electrons. The molecule has 0 spiro atoms. The van der Waals surface area contributed by atoms with Crippen LogP contribution in [0.3, 0.4) is 0 Å². The second-order valence-corrected chi connectivity index (χ2v) is 2.75. The molecule has 0 amide bonds. The summed E-state index contributed by atoms with van der Waals surface area (Å²) in [6, 6.07) is 0. The zero-order chi connectivity index (χ0) is 7.23. The van der Waals surface area contributed by atoms with Crippen LogP contribution in [-0.4, -0.2) is 0 Å². The molecule has 0 heteroatoms. The van der Waals surface area contributed by atoms with E-state index in [1.165, 1.54) is 31.3 Å². The van der Waals surface area contributed by atoms with Gasteiger partial charge in [0.15, 0.2) is 0 Å². The van der Waals surface area contributed by atoms with Crippen LogP contribution in [0.15, 0.2) is 23.8 Å². The summed E-state index contributed by atoms with van der Waals surface area (Å²) < 4.78 is 0. The van der Waals surface area contributed by atoms with Crippen molar-refractivity contribution in [3.05, 3.63) is 30.2 Å². The van der Waals surface area contributed by atoms with Crippen molar-refractivity contribution in [2.75, 3.05) is 0 Å². The molecule has 1 rings (SSSR count). The molecular formula is C10H15. The Kier molecular flexibility index (Phi) is 3.28. The molecule has 0 saturated carbocycles. The van der Waals surface area contributed by atoms with Gasteiger partial charge >= 0.3 is 0 Å². The van der Waals surface area contributed by atoms with E-state index in [4.69, 9.17) is 0 Å². The van der Waals surface area contributed by atoms with Crippen molar-refractivity contribution < 1.29 is 0 Å². The van der Waals surface area contributed by atoms with Crippen LogP contribution in [-0.2, 0) is 0 Å². The number of hydrogen-bond acceptors (Lipinski definition) is 0. The van der Waals surface area contributed by atoms with Gasteiger partial charge in [0.05, 0.1) is 0 Å². The van der Waals surface area contributed by atoms with Gasteiger partial charge in [-0.1, -0.05) is 43.6 Å². The quantitative estimate of drug-likeness (QED) is 0.519. The summed E-state index contributed by atoms with van der Waals surface area (Å²) in [5, 5.41) is 0. The highest BCUT2D eigenvalue weighted by molar-refractivity contribution is 5.33. The third-order valence-corrected chi connectivity index (χ3v) is 1.80. The summed E-state index contributed by atoms with van der Waals surface area (Å²) in [4.78, 5) is 0. The van der Waals surface area contributed by atoms with Gasteiger partial charge in [0.25, 0.3) is 0 Å². The summed E-state index contributed by atoms with van der Waals surface area (Å²) in [6.07, 6.45) is 13.9. The van der Waals surface area contributed by atoms with Crippen molar-refractivity contribution in [2.24, 2.45) is 0 Å². The smallest absolute Gasteiger partial charge is 0.00535 e. The van der Waals surface area contributed by atoms with Crippen molar-refractivity contribution >= 4 is 0 Å². The first-order valence-corrected chi connectivity index (χ1v) is 4.14. The molecule has 1 aliphatic rings. The number of allylic oxidation sites excluding steroid dienone is 4. The van der Waals surface area contributed by atoms with Gasteiger partial charge in [0, 0.05) is 6.42 Å². The first kappa shape index (κ1) is 7.59. The fourth-order valence-corrected chi connectivity index (χ4v) is 1.16. The molecule has 0 atom stereocenters. The summed E-state index contributed by atoms with van der Waals surface area (Å²) in [6.45, 7) is 2.24. The number of hydrogen-bond donors (Lipinski definition) is 0. The minimum Gasteiger partial charge on any atom is -0.0764 e. The zero-order valence-corrected chi connectivity index (χ0v) is 6.64. The van der Waals surface area contributed by atoms with Crippen LogP contribution in [0.5, 0.6) is 0 Å². The van der Waals surface area contributed by atoms with E-state index in [9.17, 15) is 0 Å². The van der Waals surface area contributed by atoms with Crippen molar-refractivity contribution in [3.63, 3.8) is 0 Å². The van der Waals surface area contributed by atoms with Gasteiger partial charge in [0.1, 0.15) is 0 Å². The fourth-order valence-electron chi connectivity index (χ4n) is 1.16. The topological polar surface area (TPSA) is 0 Å². The van der Waals surface area contributed by atoms with E-state index in [1.54, 1.807) is 0 Å². The molecule has 0 aromatic rings. The van der Waals surface area contributed by atoms with E-state index in [1.807, 2.05) is 0 Å². The van der Waals surface area contributed by atoms with E-state index in [-0.39, 0.29) is 0 Å². The van der Waals surface area contributed by atoms with Crippen molar-refractivity contribution in [2.45, 2.75) is 32.6 Å². The van der Waals surface area contributed by atoms with Gasteiger partial charge in [-0.15, -0.1) is 0 Å². The lowest BCUT2D eigenvalue weighted by Gasteiger charge is -1.96. The Balaban J connectivity index is 2.08. The van der Waals surface area contributed by atoms with Gasteiger partial charge < -0.3 is 0 Å². The van der Waals surface area contributed by atoms with Crippen LogP contribution in [0.25, 0.3) is 0 Å². The maximum atomic E-state index is 2.24. The highest BCUT2D eigenvalue weighted by Gasteiger charge is 1.95.